The van der Waals surface area contributed by atoms with Crippen LogP contribution in [0, 0.1) is 11.8 Å². The smallest absolute Gasteiger partial charge is 0.252 e. The van der Waals surface area contributed by atoms with Crippen molar-refractivity contribution in [2.24, 2.45) is 17.6 Å². The van der Waals surface area contributed by atoms with Crippen LogP contribution in [0.15, 0.2) is 18.3 Å². The van der Waals surface area contributed by atoms with Crippen molar-refractivity contribution in [3.63, 3.8) is 0 Å². The molecule has 4 nitrogen and oxygen atoms in total. The zero-order chi connectivity index (χ0) is 11.8. The van der Waals surface area contributed by atoms with E-state index in [4.69, 9.17) is 5.73 Å². The molecule has 0 bridgehead atoms. The van der Waals surface area contributed by atoms with Crippen molar-refractivity contribution in [3.05, 3.63) is 23.9 Å². The summed E-state index contributed by atoms with van der Waals surface area (Å²) < 4.78 is 0. The van der Waals surface area contributed by atoms with Crippen molar-refractivity contribution in [1.29, 1.82) is 0 Å². The Kier molecular flexibility index (Phi) is 2.50. The Morgan fingerprint density at radius 2 is 2.00 bits per heavy atom. The van der Waals surface area contributed by atoms with E-state index < -0.39 is 5.91 Å². The Balaban J connectivity index is 1.80. The van der Waals surface area contributed by atoms with E-state index in [9.17, 15) is 4.79 Å². The molecule has 0 unspecified atom stereocenters. The number of anilines is 1. The fourth-order valence-electron chi connectivity index (χ4n) is 2.41. The molecular weight excluding hydrogens is 214 g/mol. The third-order valence-corrected chi connectivity index (χ3v) is 3.64. The third-order valence-electron chi connectivity index (χ3n) is 3.64. The normalized spacial score (nSPS) is 19.4. The molecule has 0 aromatic carbocycles. The van der Waals surface area contributed by atoms with Gasteiger partial charge in [0, 0.05) is 12.2 Å². The fraction of sp³-hybridized carbons (Fsp3) is 0.538. The van der Waals surface area contributed by atoms with Gasteiger partial charge in [-0.25, -0.2) is 4.98 Å². The Morgan fingerprint density at radius 1 is 1.35 bits per heavy atom. The van der Waals surface area contributed by atoms with Gasteiger partial charge in [0.25, 0.3) is 5.91 Å². The van der Waals surface area contributed by atoms with E-state index in [2.05, 4.69) is 10.3 Å². The largest absolute Gasteiger partial charge is 0.366 e. The molecule has 90 valence electrons. The van der Waals surface area contributed by atoms with Crippen LogP contribution in [0.4, 0.5) is 5.82 Å². The molecule has 2 aliphatic rings. The van der Waals surface area contributed by atoms with Crippen LogP contribution in [0.3, 0.4) is 0 Å². The fourth-order valence-corrected chi connectivity index (χ4v) is 2.41. The Bertz CT molecular complexity index is 426. The first-order valence-corrected chi connectivity index (χ1v) is 6.27. The molecule has 1 aromatic rings. The number of rotatable bonds is 5. The molecule has 3 N–H and O–H groups in total. The van der Waals surface area contributed by atoms with E-state index >= 15 is 0 Å². The van der Waals surface area contributed by atoms with Crippen LogP contribution in [0.5, 0.6) is 0 Å². The van der Waals surface area contributed by atoms with Crippen molar-refractivity contribution in [2.75, 3.05) is 5.32 Å². The highest BCUT2D eigenvalue weighted by atomic mass is 16.1. The number of hydrogen-bond acceptors (Lipinski definition) is 3. The SMILES string of the molecule is NC(=O)c1cccnc1NC(C1CC1)C1CC1. The summed E-state index contributed by atoms with van der Waals surface area (Å²) in [5.74, 6) is 1.78. The summed E-state index contributed by atoms with van der Waals surface area (Å²) in [4.78, 5) is 15.6. The Morgan fingerprint density at radius 3 is 2.53 bits per heavy atom. The summed E-state index contributed by atoms with van der Waals surface area (Å²) in [5.41, 5.74) is 5.85. The zero-order valence-electron chi connectivity index (χ0n) is 9.73. The van der Waals surface area contributed by atoms with Crippen molar-refractivity contribution < 1.29 is 4.79 Å². The van der Waals surface area contributed by atoms with E-state index in [1.807, 2.05) is 0 Å². The van der Waals surface area contributed by atoms with Gasteiger partial charge < -0.3 is 11.1 Å². The van der Waals surface area contributed by atoms with Gasteiger partial charge in [-0.3, -0.25) is 4.79 Å². The van der Waals surface area contributed by atoms with Crippen LogP contribution >= 0.6 is 0 Å². The number of hydrogen-bond donors (Lipinski definition) is 2. The van der Waals surface area contributed by atoms with Crippen molar-refractivity contribution in [3.8, 4) is 0 Å². The van der Waals surface area contributed by atoms with E-state index in [-0.39, 0.29) is 0 Å². The van der Waals surface area contributed by atoms with Crippen LogP contribution in [0.25, 0.3) is 0 Å². The van der Waals surface area contributed by atoms with Gasteiger partial charge in [0.2, 0.25) is 0 Å². The second-order valence-electron chi connectivity index (χ2n) is 5.11. The lowest BCUT2D eigenvalue weighted by atomic mass is 10.1. The monoisotopic (exact) mass is 231 g/mol. The first-order chi connectivity index (χ1) is 8.25. The minimum atomic E-state index is -0.411. The second kappa shape index (κ2) is 4.02. The van der Waals surface area contributed by atoms with Crippen LogP contribution in [-0.2, 0) is 0 Å². The average Bonchev–Trinajstić information content (AvgIpc) is 3.16. The number of primary amides is 1. The summed E-state index contributed by atoms with van der Waals surface area (Å²) in [6.07, 6.45) is 6.89. The molecule has 4 heteroatoms. The van der Waals surface area contributed by atoms with Crippen molar-refractivity contribution >= 4 is 11.7 Å². The van der Waals surface area contributed by atoms with Gasteiger partial charge in [-0.1, -0.05) is 0 Å². The van der Waals surface area contributed by atoms with Crippen LogP contribution < -0.4 is 11.1 Å². The van der Waals surface area contributed by atoms with Crippen molar-refractivity contribution in [1.82, 2.24) is 4.98 Å². The summed E-state index contributed by atoms with van der Waals surface area (Å²) >= 11 is 0. The van der Waals surface area contributed by atoms with E-state index in [0.29, 0.717) is 17.4 Å². The highest BCUT2D eigenvalue weighted by molar-refractivity contribution is 5.97. The van der Waals surface area contributed by atoms with Crippen LogP contribution in [0.2, 0.25) is 0 Å². The quantitative estimate of drug-likeness (QED) is 0.811. The maximum atomic E-state index is 11.3. The first-order valence-electron chi connectivity index (χ1n) is 6.27. The molecule has 0 aliphatic heterocycles. The van der Waals surface area contributed by atoms with Gasteiger partial charge >= 0.3 is 0 Å². The molecule has 0 radical (unpaired) electrons. The van der Waals surface area contributed by atoms with Gasteiger partial charge in [-0.2, -0.15) is 0 Å². The molecular formula is C13H17N3O. The average molecular weight is 231 g/mol. The molecule has 1 aromatic heterocycles. The van der Waals surface area contributed by atoms with Gasteiger partial charge in [0.1, 0.15) is 5.82 Å². The third kappa shape index (κ3) is 2.25. The standard InChI is InChI=1S/C13H17N3O/c14-12(17)10-2-1-7-15-13(10)16-11(8-3-4-8)9-5-6-9/h1-2,7-9,11H,3-6H2,(H2,14,17)(H,15,16). The molecule has 2 aliphatic carbocycles. The van der Waals surface area contributed by atoms with E-state index in [1.54, 1.807) is 18.3 Å². The minimum absolute atomic E-state index is 0.411. The maximum Gasteiger partial charge on any atom is 0.252 e. The molecule has 3 rings (SSSR count). The summed E-state index contributed by atoms with van der Waals surface area (Å²) in [6.45, 7) is 0. The molecule has 17 heavy (non-hydrogen) atoms. The predicted molar refractivity (Wildman–Crippen MR) is 65.6 cm³/mol. The highest BCUT2D eigenvalue weighted by Crippen LogP contribution is 2.45. The van der Waals surface area contributed by atoms with Crippen molar-refractivity contribution in [2.45, 2.75) is 31.7 Å². The number of nitrogens with two attached hydrogens (primary N) is 1. The Labute approximate surface area is 101 Å². The molecule has 0 spiro atoms. The maximum absolute atomic E-state index is 11.3. The summed E-state index contributed by atoms with van der Waals surface area (Å²) in [6, 6.07) is 3.96. The van der Waals surface area contributed by atoms with Gasteiger partial charge in [0.15, 0.2) is 0 Å². The van der Waals surface area contributed by atoms with Crippen LogP contribution in [0.1, 0.15) is 36.0 Å². The number of carbonyl (C=O) groups excluding carboxylic acids is 1. The molecule has 2 saturated carbocycles. The molecule has 1 heterocycles. The zero-order valence-corrected chi connectivity index (χ0v) is 9.73. The minimum Gasteiger partial charge on any atom is -0.366 e. The number of amides is 1. The highest BCUT2D eigenvalue weighted by Gasteiger charge is 2.41. The summed E-state index contributed by atoms with van der Waals surface area (Å²) in [7, 11) is 0. The van der Waals surface area contributed by atoms with Gasteiger partial charge in [-0.15, -0.1) is 0 Å². The molecule has 1 amide bonds. The predicted octanol–water partition coefficient (Wildman–Crippen LogP) is 1.78. The second-order valence-corrected chi connectivity index (χ2v) is 5.11. The number of pyridine rings is 1. The topological polar surface area (TPSA) is 68.0 Å². The number of nitrogens with one attached hydrogen (secondary N) is 1. The van der Waals surface area contributed by atoms with E-state index in [1.165, 1.54) is 25.7 Å². The Hall–Kier alpha value is -1.58. The lowest BCUT2D eigenvalue weighted by molar-refractivity contribution is 0.100. The molecule has 0 saturated heterocycles. The van der Waals surface area contributed by atoms with E-state index in [0.717, 1.165) is 11.8 Å². The lowest BCUT2D eigenvalue weighted by Gasteiger charge is -2.19. The van der Waals surface area contributed by atoms with Gasteiger partial charge in [-0.05, 0) is 49.7 Å². The van der Waals surface area contributed by atoms with Gasteiger partial charge in [0.05, 0.1) is 5.56 Å². The first kappa shape index (κ1) is 10.6. The number of nitrogens with zero attached hydrogens (tertiary/aromatic N) is 1. The van der Waals surface area contributed by atoms with Crippen LogP contribution in [-0.4, -0.2) is 16.9 Å². The molecule has 2 fully saturated rings. The summed E-state index contributed by atoms with van der Waals surface area (Å²) in [5, 5.41) is 3.44. The lowest BCUT2D eigenvalue weighted by Crippen LogP contribution is -2.27. The number of carbonyl (C=O) groups is 1. The molecule has 0 atom stereocenters. The number of aromatic nitrogens is 1.